The van der Waals surface area contributed by atoms with E-state index >= 15 is 0 Å². The van der Waals surface area contributed by atoms with Gasteiger partial charge in [0.1, 0.15) is 24.7 Å². The second-order valence-electron chi connectivity index (χ2n) is 7.39. The first-order valence-corrected chi connectivity index (χ1v) is 11.2. The van der Waals surface area contributed by atoms with Crippen LogP contribution in [0.25, 0.3) is 6.08 Å². The average molecular weight is 517 g/mol. The van der Waals surface area contributed by atoms with E-state index in [0.29, 0.717) is 27.8 Å². The van der Waals surface area contributed by atoms with Crippen LogP contribution in [0.1, 0.15) is 12.5 Å². The zero-order chi connectivity index (χ0) is 25.9. The van der Waals surface area contributed by atoms with Crippen molar-refractivity contribution in [2.75, 3.05) is 18.5 Å². The van der Waals surface area contributed by atoms with Gasteiger partial charge in [-0.25, -0.2) is 0 Å². The maximum absolute atomic E-state index is 12.9. The molecule has 0 saturated heterocycles. The van der Waals surface area contributed by atoms with Crippen LogP contribution in [0.5, 0.6) is 11.5 Å². The number of hydrogen-bond donors (Lipinski definition) is 2. The largest absolute Gasteiger partial charge is 0.490 e. The number of alkyl halides is 3. The number of amidine groups is 2. The van der Waals surface area contributed by atoms with Gasteiger partial charge in [-0.05, 0) is 59.8 Å². The number of nitrogens with zero attached hydrogens (tertiary/aromatic N) is 3. The van der Waals surface area contributed by atoms with E-state index in [0.717, 1.165) is 0 Å². The highest BCUT2D eigenvalue weighted by atomic mass is 32.2. The fourth-order valence-electron chi connectivity index (χ4n) is 3.09. The molecule has 9 nitrogen and oxygen atoms in total. The predicted octanol–water partition coefficient (Wildman–Crippen LogP) is 4.28. The van der Waals surface area contributed by atoms with Crippen molar-refractivity contribution in [1.29, 1.82) is 5.41 Å². The molecule has 0 spiro atoms. The smallest absolute Gasteiger partial charge is 0.441 e. The molecular weight excluding hydrogens is 499 g/mol. The summed E-state index contributed by atoms with van der Waals surface area (Å²) in [6, 6.07) is 13.4. The maximum Gasteiger partial charge on any atom is 0.441 e. The summed E-state index contributed by atoms with van der Waals surface area (Å²) >= 11 is 0.200. The minimum Gasteiger partial charge on any atom is -0.490 e. The first kappa shape index (κ1) is 25.0. The number of carbonyl (C=O) groups is 2. The molecule has 4 rings (SSSR count). The van der Waals surface area contributed by atoms with E-state index in [2.05, 4.69) is 15.4 Å². The Morgan fingerprint density at radius 1 is 1.08 bits per heavy atom. The molecule has 2 aliphatic rings. The quantitative estimate of drug-likeness (QED) is 0.418. The lowest BCUT2D eigenvalue weighted by molar-refractivity contribution is -0.115. The Balaban J connectivity index is 1.32. The molecule has 0 saturated carbocycles. The zero-order valence-corrected chi connectivity index (χ0v) is 19.4. The summed E-state index contributed by atoms with van der Waals surface area (Å²) in [5.74, 6) is -0.324. The van der Waals surface area contributed by atoms with Crippen molar-refractivity contribution in [3.05, 3.63) is 59.7 Å². The topological polar surface area (TPSA) is 116 Å². The summed E-state index contributed by atoms with van der Waals surface area (Å²) < 4.78 is 50.0. The lowest BCUT2D eigenvalue weighted by atomic mass is 10.1. The normalized spacial score (nSPS) is 16.4. The van der Waals surface area contributed by atoms with Crippen molar-refractivity contribution in [2.45, 2.75) is 13.1 Å². The number of halogens is 3. The number of ether oxygens (including phenoxy) is 2. The van der Waals surface area contributed by atoms with Crippen LogP contribution in [0.2, 0.25) is 0 Å². The van der Waals surface area contributed by atoms with Gasteiger partial charge in [-0.2, -0.15) is 28.3 Å². The molecule has 13 heteroatoms. The molecule has 0 aromatic heterocycles. The lowest BCUT2D eigenvalue weighted by Gasteiger charge is -2.20. The summed E-state index contributed by atoms with van der Waals surface area (Å²) in [5.41, 5.74) is 1.01. The molecule has 2 aromatic carbocycles. The monoisotopic (exact) mass is 517 g/mol. The number of fused-ring (bicyclic) bond motifs is 1. The minimum atomic E-state index is -4.70. The van der Waals surface area contributed by atoms with Gasteiger partial charge in [0.05, 0.1) is 5.57 Å². The van der Waals surface area contributed by atoms with Gasteiger partial charge in [0.25, 0.3) is 5.91 Å². The molecule has 2 amide bonds. The lowest BCUT2D eigenvalue weighted by Crippen LogP contribution is -2.35. The molecule has 2 heterocycles. The number of thioether (sulfide) groups is 1. The third-order valence-electron chi connectivity index (χ3n) is 4.68. The zero-order valence-electron chi connectivity index (χ0n) is 18.6. The number of hydrogen-bond acceptors (Lipinski definition) is 7. The molecule has 186 valence electrons. The molecular formula is C23H18F3N5O4S. The summed E-state index contributed by atoms with van der Waals surface area (Å²) in [4.78, 5) is 27.0. The molecule has 36 heavy (non-hydrogen) atoms. The molecule has 0 radical (unpaired) electrons. The fourth-order valence-corrected chi connectivity index (χ4v) is 3.85. The molecule has 2 aliphatic heterocycles. The molecule has 2 aromatic rings. The summed E-state index contributed by atoms with van der Waals surface area (Å²) in [7, 11) is 0. The van der Waals surface area contributed by atoms with Gasteiger partial charge in [-0.3, -0.25) is 15.0 Å². The number of aliphatic imine (C=N–C) groups is 1. The Bertz CT molecular complexity index is 1290. The number of nitrogens with one attached hydrogen (secondary N) is 2. The van der Waals surface area contributed by atoms with E-state index in [-0.39, 0.29) is 41.6 Å². The molecule has 0 fully saturated rings. The van der Waals surface area contributed by atoms with Crippen LogP contribution in [-0.2, 0) is 9.59 Å². The van der Waals surface area contributed by atoms with Crippen LogP contribution in [0.15, 0.2) is 64.2 Å². The van der Waals surface area contributed by atoms with Gasteiger partial charge in [0, 0.05) is 12.6 Å². The van der Waals surface area contributed by atoms with Gasteiger partial charge in [-0.15, -0.1) is 0 Å². The number of anilines is 1. The highest BCUT2D eigenvalue weighted by molar-refractivity contribution is 8.27. The molecule has 0 unspecified atom stereocenters. The van der Waals surface area contributed by atoms with Crippen molar-refractivity contribution >= 4 is 51.4 Å². The van der Waals surface area contributed by atoms with Crippen molar-refractivity contribution in [3.8, 4) is 11.5 Å². The maximum atomic E-state index is 12.9. The van der Waals surface area contributed by atoms with Crippen LogP contribution in [-0.4, -0.2) is 52.3 Å². The van der Waals surface area contributed by atoms with Gasteiger partial charge in [0.15, 0.2) is 5.84 Å². The van der Waals surface area contributed by atoms with Crippen LogP contribution in [0.4, 0.5) is 18.9 Å². The van der Waals surface area contributed by atoms with Gasteiger partial charge < -0.3 is 14.8 Å². The second-order valence-corrected chi connectivity index (χ2v) is 8.35. The first-order chi connectivity index (χ1) is 17.1. The number of hydrazone groups is 1. The number of benzene rings is 2. The van der Waals surface area contributed by atoms with Crippen molar-refractivity contribution in [2.24, 2.45) is 10.1 Å². The van der Waals surface area contributed by atoms with E-state index in [9.17, 15) is 22.8 Å². The molecule has 0 bridgehead atoms. The second kappa shape index (κ2) is 10.2. The van der Waals surface area contributed by atoms with Crippen molar-refractivity contribution in [1.82, 2.24) is 5.01 Å². The Morgan fingerprint density at radius 2 is 1.67 bits per heavy atom. The van der Waals surface area contributed by atoms with Gasteiger partial charge in [0.2, 0.25) is 16.1 Å². The Labute approximate surface area is 207 Å². The van der Waals surface area contributed by atoms with E-state index in [4.69, 9.17) is 14.9 Å². The third-order valence-corrected chi connectivity index (χ3v) is 5.64. The van der Waals surface area contributed by atoms with Crippen LogP contribution in [0, 0.1) is 5.41 Å². The highest BCUT2D eigenvalue weighted by Crippen LogP contribution is 2.35. The summed E-state index contributed by atoms with van der Waals surface area (Å²) in [6.07, 6.45) is -3.34. The fraction of sp³-hybridized carbons (Fsp3) is 0.174. The Kier molecular flexibility index (Phi) is 7.10. The SMILES string of the molecule is CC(=O)Nc1ccc(OCCOc2ccc(/C=C3/C(=N)N4N=C(C(F)(F)F)SC4=NC3=O)cc2)cc1. The average Bonchev–Trinajstić information content (AvgIpc) is 3.26. The number of amides is 2. The highest BCUT2D eigenvalue weighted by Gasteiger charge is 2.46. The number of rotatable bonds is 7. The Hall–Kier alpha value is -4.13. The summed E-state index contributed by atoms with van der Waals surface area (Å²) in [6.45, 7) is 1.94. The van der Waals surface area contributed by atoms with E-state index in [1.807, 2.05) is 0 Å². The standard InChI is InChI=1S/C23H18F3N5O4S/c1-13(32)28-15-4-8-17(9-5-15)35-11-10-34-16-6-2-14(3-7-16)12-18-19(27)31-22(29-20(18)33)36-21(30-31)23(24,25)26/h2-9,12,27H,10-11H2,1H3,(H,28,32)/b18-12-,27-19?. The van der Waals surface area contributed by atoms with Crippen LogP contribution in [0.3, 0.4) is 0 Å². The van der Waals surface area contributed by atoms with Gasteiger partial charge in [-0.1, -0.05) is 12.1 Å². The van der Waals surface area contributed by atoms with Crippen LogP contribution >= 0.6 is 11.8 Å². The van der Waals surface area contributed by atoms with Crippen LogP contribution < -0.4 is 14.8 Å². The number of carbonyl (C=O) groups excluding carboxylic acids is 2. The van der Waals surface area contributed by atoms with E-state index in [1.54, 1.807) is 48.5 Å². The van der Waals surface area contributed by atoms with E-state index in [1.165, 1.54) is 13.0 Å². The van der Waals surface area contributed by atoms with E-state index < -0.39 is 23.0 Å². The van der Waals surface area contributed by atoms with Crippen molar-refractivity contribution < 1.29 is 32.2 Å². The minimum absolute atomic E-state index is 0.162. The molecule has 2 N–H and O–H groups in total. The van der Waals surface area contributed by atoms with Crippen molar-refractivity contribution in [3.63, 3.8) is 0 Å². The predicted molar refractivity (Wildman–Crippen MR) is 129 cm³/mol. The molecule has 0 aliphatic carbocycles. The third kappa shape index (κ3) is 5.92. The Morgan fingerprint density at radius 3 is 2.22 bits per heavy atom. The summed E-state index contributed by atoms with van der Waals surface area (Å²) in [5, 5.41) is 13.4. The first-order valence-electron chi connectivity index (χ1n) is 10.4. The van der Waals surface area contributed by atoms with Gasteiger partial charge >= 0.3 is 6.18 Å². The molecule has 0 atom stereocenters.